The van der Waals surface area contributed by atoms with Crippen molar-refractivity contribution in [3.8, 4) is 0 Å². The van der Waals surface area contributed by atoms with Crippen LogP contribution in [0.2, 0.25) is 0 Å². The summed E-state index contributed by atoms with van der Waals surface area (Å²) >= 11 is 0. The molecule has 7 nitrogen and oxygen atoms in total. The molecular weight excluding hydrogens is 288 g/mol. The van der Waals surface area contributed by atoms with Gasteiger partial charge in [-0.05, 0) is 37.1 Å². The Morgan fingerprint density at radius 3 is 2.23 bits per heavy atom. The van der Waals surface area contributed by atoms with Crippen LogP contribution < -0.4 is 11.1 Å². The van der Waals surface area contributed by atoms with Crippen molar-refractivity contribution in [3.05, 3.63) is 24.3 Å². The first-order valence-corrected chi connectivity index (χ1v) is 6.76. The Kier molecular flexibility index (Phi) is 4.35. The van der Waals surface area contributed by atoms with E-state index in [0.717, 1.165) is 0 Å². The molecule has 1 aromatic carbocycles. The van der Waals surface area contributed by atoms with Crippen LogP contribution in [0.25, 0.3) is 0 Å². The van der Waals surface area contributed by atoms with Crippen LogP contribution in [0.3, 0.4) is 0 Å². The topological polar surface area (TPSA) is 108 Å². The molecular formula is C15H18N2O5. The normalized spacial score (nSPS) is 23.1. The lowest BCUT2D eigenvalue weighted by atomic mass is 9.61. The maximum Gasteiger partial charge on any atom is 0.321 e. The van der Waals surface area contributed by atoms with Gasteiger partial charge in [0.05, 0.1) is 20.1 Å². The zero-order valence-corrected chi connectivity index (χ0v) is 12.4. The molecule has 1 saturated carbocycles. The third-order valence-electron chi connectivity index (χ3n) is 3.90. The SMILES string of the molecule is COC(=O)C1CC(C(=O)Nc2ccc(N)cc2)(C(=O)OC)C1. The first-order chi connectivity index (χ1) is 10.4. The molecule has 7 heteroatoms. The highest BCUT2D eigenvalue weighted by molar-refractivity contribution is 6.10. The van der Waals surface area contributed by atoms with Crippen molar-refractivity contribution in [2.75, 3.05) is 25.3 Å². The molecule has 0 unspecified atom stereocenters. The number of hydrogen-bond acceptors (Lipinski definition) is 6. The minimum atomic E-state index is -1.35. The predicted octanol–water partition coefficient (Wildman–Crippen LogP) is 0.950. The molecule has 0 saturated heterocycles. The van der Waals surface area contributed by atoms with Gasteiger partial charge >= 0.3 is 11.9 Å². The molecule has 0 radical (unpaired) electrons. The number of nitrogens with two attached hydrogens (primary N) is 1. The second-order valence-electron chi connectivity index (χ2n) is 5.28. The Hall–Kier alpha value is -2.57. The highest BCUT2D eigenvalue weighted by Crippen LogP contribution is 2.48. The van der Waals surface area contributed by atoms with Crippen LogP contribution in [0.15, 0.2) is 24.3 Å². The number of hydrogen-bond donors (Lipinski definition) is 2. The molecule has 1 aliphatic rings. The minimum absolute atomic E-state index is 0.0765. The van der Waals surface area contributed by atoms with Crippen LogP contribution in [-0.4, -0.2) is 32.1 Å². The molecule has 22 heavy (non-hydrogen) atoms. The van der Waals surface area contributed by atoms with Gasteiger partial charge in [0, 0.05) is 11.4 Å². The highest BCUT2D eigenvalue weighted by Gasteiger charge is 2.59. The fraction of sp³-hybridized carbons (Fsp3) is 0.400. The number of ether oxygens (including phenoxy) is 2. The summed E-state index contributed by atoms with van der Waals surface area (Å²) in [5.41, 5.74) is 5.31. The summed E-state index contributed by atoms with van der Waals surface area (Å²) in [6.45, 7) is 0. The summed E-state index contributed by atoms with van der Waals surface area (Å²) in [5.74, 6) is -2.05. The van der Waals surface area contributed by atoms with Gasteiger partial charge in [0.2, 0.25) is 5.91 Å². The summed E-state index contributed by atoms with van der Waals surface area (Å²) in [6, 6.07) is 6.54. The first-order valence-electron chi connectivity index (χ1n) is 6.76. The Labute approximate surface area is 127 Å². The van der Waals surface area contributed by atoms with Crippen LogP contribution in [-0.2, 0) is 23.9 Å². The average Bonchev–Trinajstić information content (AvgIpc) is 2.47. The molecule has 0 aliphatic heterocycles. The first kappa shape index (κ1) is 15.8. The number of carbonyl (C=O) groups excluding carboxylic acids is 3. The second-order valence-corrected chi connectivity index (χ2v) is 5.28. The summed E-state index contributed by atoms with van der Waals surface area (Å²) in [4.78, 5) is 36.0. The number of amides is 1. The summed E-state index contributed by atoms with van der Waals surface area (Å²) in [6.07, 6.45) is 0.153. The van der Waals surface area contributed by atoms with Gasteiger partial charge in [-0.1, -0.05) is 0 Å². The fourth-order valence-corrected chi connectivity index (χ4v) is 2.57. The molecule has 0 bridgehead atoms. The van der Waals surface area contributed by atoms with Gasteiger partial charge in [0.1, 0.15) is 5.41 Å². The number of benzene rings is 1. The number of anilines is 2. The van der Waals surface area contributed by atoms with E-state index in [2.05, 4.69) is 10.1 Å². The monoisotopic (exact) mass is 306 g/mol. The van der Waals surface area contributed by atoms with Crippen LogP contribution in [0.5, 0.6) is 0 Å². The Bertz CT molecular complexity index is 590. The third-order valence-corrected chi connectivity index (χ3v) is 3.90. The molecule has 2 rings (SSSR count). The quantitative estimate of drug-likeness (QED) is 0.487. The largest absolute Gasteiger partial charge is 0.469 e. The van der Waals surface area contributed by atoms with Crippen molar-refractivity contribution >= 4 is 29.2 Å². The Balaban J connectivity index is 2.13. The van der Waals surface area contributed by atoms with E-state index in [9.17, 15) is 14.4 Å². The number of carbonyl (C=O) groups is 3. The van der Waals surface area contributed by atoms with Gasteiger partial charge in [-0.3, -0.25) is 14.4 Å². The molecule has 1 aromatic rings. The Morgan fingerprint density at radius 2 is 1.73 bits per heavy atom. The van der Waals surface area contributed by atoms with Crippen LogP contribution in [0.1, 0.15) is 12.8 Å². The van der Waals surface area contributed by atoms with Crippen molar-refractivity contribution in [1.29, 1.82) is 0 Å². The van der Waals surface area contributed by atoms with Gasteiger partial charge in [0.15, 0.2) is 0 Å². The highest BCUT2D eigenvalue weighted by atomic mass is 16.5. The Morgan fingerprint density at radius 1 is 1.14 bits per heavy atom. The molecule has 0 heterocycles. The average molecular weight is 306 g/mol. The van der Waals surface area contributed by atoms with Crippen molar-refractivity contribution in [2.24, 2.45) is 11.3 Å². The molecule has 1 aliphatic carbocycles. The van der Waals surface area contributed by atoms with Crippen LogP contribution in [0.4, 0.5) is 11.4 Å². The van der Waals surface area contributed by atoms with Crippen molar-refractivity contribution in [3.63, 3.8) is 0 Å². The smallest absolute Gasteiger partial charge is 0.321 e. The summed E-state index contributed by atoms with van der Waals surface area (Å²) in [7, 11) is 2.49. The van der Waals surface area contributed by atoms with E-state index in [4.69, 9.17) is 10.5 Å². The number of nitrogens with one attached hydrogen (secondary N) is 1. The maximum atomic E-state index is 12.5. The molecule has 3 N–H and O–H groups in total. The number of rotatable bonds is 4. The van der Waals surface area contributed by atoms with Crippen molar-refractivity contribution in [1.82, 2.24) is 0 Å². The molecule has 118 valence electrons. The zero-order valence-electron chi connectivity index (χ0n) is 12.4. The number of methoxy groups -OCH3 is 2. The predicted molar refractivity (Wildman–Crippen MR) is 78.7 cm³/mol. The van der Waals surface area contributed by atoms with Gasteiger partial charge < -0.3 is 20.5 Å². The maximum absolute atomic E-state index is 12.5. The molecule has 0 atom stereocenters. The second kappa shape index (κ2) is 6.05. The third kappa shape index (κ3) is 2.74. The van der Waals surface area contributed by atoms with E-state index >= 15 is 0 Å². The van der Waals surface area contributed by atoms with E-state index < -0.39 is 29.2 Å². The molecule has 0 aromatic heterocycles. The molecule has 1 fully saturated rings. The summed E-state index contributed by atoms with van der Waals surface area (Å²) < 4.78 is 9.36. The van der Waals surface area contributed by atoms with Gasteiger partial charge in [-0.25, -0.2) is 0 Å². The van der Waals surface area contributed by atoms with Crippen LogP contribution >= 0.6 is 0 Å². The lowest BCUT2D eigenvalue weighted by Gasteiger charge is -2.41. The lowest BCUT2D eigenvalue weighted by Crippen LogP contribution is -2.54. The molecule has 0 spiro atoms. The minimum Gasteiger partial charge on any atom is -0.469 e. The zero-order chi connectivity index (χ0) is 16.3. The van der Waals surface area contributed by atoms with Gasteiger partial charge in [0.25, 0.3) is 0 Å². The number of nitrogen functional groups attached to an aromatic ring is 1. The van der Waals surface area contributed by atoms with E-state index in [0.29, 0.717) is 11.4 Å². The van der Waals surface area contributed by atoms with Crippen molar-refractivity contribution in [2.45, 2.75) is 12.8 Å². The number of esters is 2. The van der Waals surface area contributed by atoms with Crippen LogP contribution in [0, 0.1) is 11.3 Å². The lowest BCUT2D eigenvalue weighted by molar-refractivity contribution is -0.172. The van der Waals surface area contributed by atoms with E-state index in [1.165, 1.54) is 14.2 Å². The van der Waals surface area contributed by atoms with Crippen molar-refractivity contribution < 1.29 is 23.9 Å². The van der Waals surface area contributed by atoms with E-state index in [-0.39, 0.29) is 12.8 Å². The standard InChI is InChI=1S/C15H18N2O5/c1-21-12(18)9-7-15(8-9,14(20)22-2)13(19)17-11-5-3-10(16)4-6-11/h3-6,9H,7-8,16H2,1-2H3,(H,17,19). The molecule has 1 amide bonds. The van der Waals surface area contributed by atoms with Gasteiger partial charge in [-0.15, -0.1) is 0 Å². The summed E-state index contributed by atoms with van der Waals surface area (Å²) in [5, 5.41) is 2.66. The fourth-order valence-electron chi connectivity index (χ4n) is 2.57. The van der Waals surface area contributed by atoms with E-state index in [1.807, 2.05) is 0 Å². The van der Waals surface area contributed by atoms with E-state index in [1.54, 1.807) is 24.3 Å². The van der Waals surface area contributed by atoms with Gasteiger partial charge in [-0.2, -0.15) is 0 Å².